The quantitative estimate of drug-likeness (QED) is 0.561. The minimum Gasteiger partial charge on any atom is -0.365 e. The van der Waals surface area contributed by atoms with Gasteiger partial charge < -0.3 is 10.6 Å². The molecule has 0 saturated carbocycles. The van der Waals surface area contributed by atoms with Crippen LogP contribution in [0.5, 0.6) is 0 Å². The molecule has 0 spiro atoms. The van der Waals surface area contributed by atoms with Gasteiger partial charge in [0.15, 0.2) is 9.84 Å². The van der Waals surface area contributed by atoms with Crippen molar-refractivity contribution >= 4 is 38.9 Å². The van der Waals surface area contributed by atoms with Crippen molar-refractivity contribution in [2.24, 2.45) is 0 Å². The number of aromatic nitrogens is 1. The summed E-state index contributed by atoms with van der Waals surface area (Å²) in [4.78, 5) is 15.8. The van der Waals surface area contributed by atoms with Crippen molar-refractivity contribution < 1.29 is 30.8 Å². The van der Waals surface area contributed by atoms with Crippen molar-refractivity contribution in [3.05, 3.63) is 58.1 Å². The lowest BCUT2D eigenvalue weighted by atomic mass is 10.0. The molecule has 3 rings (SSSR count). The van der Waals surface area contributed by atoms with Gasteiger partial charge in [-0.15, -0.1) is 0 Å². The molecular formula is C19H17ClF4N4O3S. The smallest absolute Gasteiger partial charge is 0.365 e. The van der Waals surface area contributed by atoms with E-state index in [4.69, 9.17) is 17.0 Å². The van der Waals surface area contributed by atoms with Crippen LogP contribution in [0.2, 0.25) is 5.02 Å². The minimum atomic E-state index is -4.61. The Balaban J connectivity index is 1.89. The van der Waals surface area contributed by atoms with Crippen molar-refractivity contribution in [1.29, 1.82) is 5.41 Å². The van der Waals surface area contributed by atoms with Crippen LogP contribution in [-0.2, 0) is 16.0 Å². The fraction of sp³-hybridized carbons (Fsp3) is 0.316. The molecule has 1 saturated heterocycles. The minimum absolute atomic E-state index is 0.0336. The van der Waals surface area contributed by atoms with Gasteiger partial charge in [-0.05, 0) is 38.1 Å². The predicted octanol–water partition coefficient (Wildman–Crippen LogP) is 3.96. The fourth-order valence-electron chi connectivity index (χ4n) is 2.97. The van der Waals surface area contributed by atoms with E-state index in [0.717, 1.165) is 18.2 Å². The van der Waals surface area contributed by atoms with Crippen LogP contribution in [0.15, 0.2) is 30.5 Å². The molecule has 7 nitrogen and oxygen atoms in total. The van der Waals surface area contributed by atoms with Gasteiger partial charge in [-0.25, -0.2) is 12.8 Å². The summed E-state index contributed by atoms with van der Waals surface area (Å²) in [5.74, 6) is -2.66. The molecule has 1 atom stereocenters. The third kappa shape index (κ3) is 4.42. The number of rotatable bonds is 3. The van der Waals surface area contributed by atoms with Gasteiger partial charge in [0, 0.05) is 17.4 Å². The predicted molar refractivity (Wildman–Crippen MR) is 110 cm³/mol. The number of amidine groups is 1. The number of nitrogens with one attached hydrogen (secondary N) is 3. The van der Waals surface area contributed by atoms with Crippen molar-refractivity contribution in [2.45, 2.75) is 30.8 Å². The molecule has 0 unspecified atom stereocenters. The van der Waals surface area contributed by atoms with Gasteiger partial charge in [-0.2, -0.15) is 13.2 Å². The van der Waals surface area contributed by atoms with E-state index in [9.17, 15) is 30.8 Å². The number of hydrogen-bond donors (Lipinski definition) is 3. The summed E-state index contributed by atoms with van der Waals surface area (Å²) in [6, 6.07) is 2.63. The average molecular weight is 493 g/mol. The largest absolute Gasteiger partial charge is 0.417 e. The van der Waals surface area contributed by atoms with Gasteiger partial charge in [-0.1, -0.05) is 11.6 Å². The van der Waals surface area contributed by atoms with E-state index in [2.05, 4.69) is 15.6 Å². The number of nitrogens with zero attached hydrogens (tertiary/aromatic N) is 1. The standard InChI is InChI=1S/C19H17ClF4N4O3S/c1-18(2)17(25)28-14(8-32(18,30)31)11-5-10(6-12(20)15(11)21)27-16(29)13-4-3-9(7-26-13)19(22,23)24/h3-7,14H,8H2,1-2H3,(H2,25,28)(H,27,29)/t14-/m0/s1. The molecule has 2 heterocycles. The molecule has 1 amide bonds. The van der Waals surface area contributed by atoms with E-state index in [-0.39, 0.29) is 22.8 Å². The molecule has 0 aliphatic carbocycles. The molecular weight excluding hydrogens is 476 g/mol. The van der Waals surface area contributed by atoms with Gasteiger partial charge in [0.1, 0.15) is 22.1 Å². The lowest BCUT2D eigenvalue weighted by Gasteiger charge is -2.36. The number of anilines is 1. The highest BCUT2D eigenvalue weighted by molar-refractivity contribution is 7.93. The normalized spacial score (nSPS) is 19.8. The summed E-state index contributed by atoms with van der Waals surface area (Å²) in [5, 5.41) is 12.6. The molecule has 1 aromatic heterocycles. The molecule has 0 bridgehead atoms. The van der Waals surface area contributed by atoms with Crippen molar-refractivity contribution in [2.75, 3.05) is 11.1 Å². The number of benzene rings is 1. The van der Waals surface area contributed by atoms with Crippen molar-refractivity contribution in [1.82, 2.24) is 10.3 Å². The molecule has 13 heteroatoms. The molecule has 1 aromatic carbocycles. The Hall–Kier alpha value is -2.73. The van der Waals surface area contributed by atoms with Gasteiger partial charge in [0.05, 0.1) is 22.4 Å². The summed E-state index contributed by atoms with van der Waals surface area (Å²) in [5.41, 5.74) is -1.59. The van der Waals surface area contributed by atoms with Gasteiger partial charge in [0.2, 0.25) is 0 Å². The van der Waals surface area contributed by atoms with E-state index in [1.807, 2.05) is 0 Å². The van der Waals surface area contributed by atoms with Gasteiger partial charge >= 0.3 is 6.18 Å². The second-order valence-electron chi connectivity index (χ2n) is 7.61. The molecule has 172 valence electrons. The Morgan fingerprint density at radius 1 is 1.31 bits per heavy atom. The van der Waals surface area contributed by atoms with E-state index in [0.29, 0.717) is 12.3 Å². The van der Waals surface area contributed by atoms with E-state index >= 15 is 0 Å². The average Bonchev–Trinajstić information content (AvgIpc) is 2.68. The molecule has 0 radical (unpaired) electrons. The van der Waals surface area contributed by atoms with Crippen LogP contribution in [-0.4, -0.2) is 35.6 Å². The van der Waals surface area contributed by atoms with Gasteiger partial charge in [-0.3, -0.25) is 15.2 Å². The van der Waals surface area contributed by atoms with Crippen LogP contribution in [0.1, 0.15) is 41.5 Å². The third-order valence-electron chi connectivity index (χ3n) is 5.10. The monoisotopic (exact) mass is 492 g/mol. The number of pyridine rings is 1. The van der Waals surface area contributed by atoms with Crippen LogP contribution in [0, 0.1) is 11.2 Å². The highest BCUT2D eigenvalue weighted by atomic mass is 35.5. The Kier molecular flexibility index (Phi) is 5.98. The molecule has 3 N–H and O–H groups in total. The summed E-state index contributed by atoms with van der Waals surface area (Å²) >= 11 is 5.90. The first-order chi connectivity index (χ1) is 14.6. The first-order valence-electron chi connectivity index (χ1n) is 9.05. The van der Waals surface area contributed by atoms with Crippen molar-refractivity contribution in [3.63, 3.8) is 0 Å². The first-order valence-corrected chi connectivity index (χ1v) is 11.1. The van der Waals surface area contributed by atoms with Crippen LogP contribution >= 0.6 is 11.6 Å². The first kappa shape index (κ1) is 23.9. The second kappa shape index (κ2) is 8.00. The maximum Gasteiger partial charge on any atom is 0.417 e. The highest BCUT2D eigenvalue weighted by Gasteiger charge is 2.46. The zero-order valence-electron chi connectivity index (χ0n) is 16.6. The van der Waals surface area contributed by atoms with E-state index in [1.54, 1.807) is 0 Å². The van der Waals surface area contributed by atoms with E-state index in [1.165, 1.54) is 13.8 Å². The number of carbonyl (C=O) groups excluding carboxylic acids is 1. The lowest BCUT2D eigenvalue weighted by molar-refractivity contribution is -0.137. The van der Waals surface area contributed by atoms with Crippen LogP contribution < -0.4 is 10.6 Å². The van der Waals surface area contributed by atoms with E-state index < -0.39 is 54.9 Å². The maximum absolute atomic E-state index is 14.7. The third-order valence-corrected chi connectivity index (χ3v) is 7.90. The van der Waals surface area contributed by atoms with Crippen LogP contribution in [0.4, 0.5) is 23.2 Å². The zero-order valence-corrected chi connectivity index (χ0v) is 18.2. The van der Waals surface area contributed by atoms with Gasteiger partial charge in [0.25, 0.3) is 5.91 Å². The number of carbonyl (C=O) groups is 1. The molecule has 2 aromatic rings. The molecule has 1 fully saturated rings. The number of amides is 1. The lowest BCUT2D eigenvalue weighted by Crippen LogP contribution is -2.56. The number of hydrogen-bond acceptors (Lipinski definition) is 5. The van der Waals surface area contributed by atoms with Crippen LogP contribution in [0.25, 0.3) is 0 Å². The fourth-order valence-corrected chi connectivity index (χ4v) is 4.68. The van der Waals surface area contributed by atoms with Crippen molar-refractivity contribution in [3.8, 4) is 0 Å². The molecule has 32 heavy (non-hydrogen) atoms. The topological polar surface area (TPSA) is 112 Å². The second-order valence-corrected chi connectivity index (χ2v) is 10.6. The van der Waals surface area contributed by atoms with Crippen LogP contribution in [0.3, 0.4) is 0 Å². The summed E-state index contributed by atoms with van der Waals surface area (Å²) in [7, 11) is -3.82. The Labute approximate surface area is 185 Å². The Bertz CT molecular complexity index is 1200. The Morgan fingerprint density at radius 3 is 2.50 bits per heavy atom. The number of sulfone groups is 1. The highest BCUT2D eigenvalue weighted by Crippen LogP contribution is 2.34. The Morgan fingerprint density at radius 2 is 1.97 bits per heavy atom. The summed E-state index contributed by atoms with van der Waals surface area (Å²) in [6.45, 7) is 2.70. The summed E-state index contributed by atoms with van der Waals surface area (Å²) in [6.07, 6.45) is -4.11. The zero-order chi connectivity index (χ0) is 24.1. The summed E-state index contributed by atoms with van der Waals surface area (Å²) < 4.78 is 76.2. The molecule has 1 aliphatic rings. The SMILES string of the molecule is CC1(C)C(=N)N[C@H](c2cc(NC(=O)c3ccc(C(F)(F)F)cn3)cc(Cl)c2F)CS1(=O)=O. The molecule has 1 aliphatic heterocycles. The number of alkyl halides is 3. The number of halogens is 5. The maximum atomic E-state index is 14.7.